The maximum absolute atomic E-state index is 14.0. The highest BCUT2D eigenvalue weighted by Gasteiger charge is 2.18. The van der Waals surface area contributed by atoms with Crippen LogP contribution in [-0.4, -0.2) is 5.11 Å². The van der Waals surface area contributed by atoms with Crippen molar-refractivity contribution in [2.24, 2.45) is 0 Å². The molecule has 0 heterocycles. The van der Waals surface area contributed by atoms with E-state index in [-0.39, 0.29) is 0 Å². The van der Waals surface area contributed by atoms with Gasteiger partial charge in [-0.2, -0.15) is 0 Å². The molecule has 0 aliphatic carbocycles. The van der Waals surface area contributed by atoms with E-state index >= 15 is 0 Å². The molecule has 1 unspecified atom stereocenters. The van der Waals surface area contributed by atoms with Crippen LogP contribution in [0.1, 0.15) is 29.7 Å². The topological polar surface area (TPSA) is 20.2 Å². The molecule has 0 aliphatic rings. The summed E-state index contributed by atoms with van der Waals surface area (Å²) < 4.78 is 14.3. The van der Waals surface area contributed by atoms with E-state index in [0.29, 0.717) is 10.0 Å². The van der Waals surface area contributed by atoms with E-state index in [4.69, 9.17) is 0 Å². The maximum Gasteiger partial charge on any atom is 0.143 e. The van der Waals surface area contributed by atoms with Crippen LogP contribution in [-0.2, 0) is 6.42 Å². The van der Waals surface area contributed by atoms with Crippen molar-refractivity contribution in [2.75, 3.05) is 0 Å². The van der Waals surface area contributed by atoms with Crippen LogP contribution in [0.2, 0.25) is 0 Å². The second-order valence-corrected chi connectivity index (χ2v) is 4.95. The molecule has 0 fully saturated rings. The summed E-state index contributed by atoms with van der Waals surface area (Å²) in [4.78, 5) is 0. The van der Waals surface area contributed by atoms with Gasteiger partial charge in [0.25, 0.3) is 0 Å². The fourth-order valence-electron chi connectivity index (χ4n) is 2.02. The first-order valence-electron chi connectivity index (χ1n) is 5.85. The van der Waals surface area contributed by atoms with Gasteiger partial charge in [-0.1, -0.05) is 43.3 Å². The van der Waals surface area contributed by atoms with Gasteiger partial charge < -0.3 is 5.11 Å². The monoisotopic (exact) mass is 308 g/mol. The van der Waals surface area contributed by atoms with Crippen LogP contribution in [0.3, 0.4) is 0 Å². The average Bonchev–Trinajstić information content (AvgIpc) is 2.41. The summed E-state index contributed by atoms with van der Waals surface area (Å²) in [7, 11) is 0. The van der Waals surface area contributed by atoms with Gasteiger partial charge in [-0.15, -0.1) is 0 Å². The lowest BCUT2D eigenvalue weighted by molar-refractivity contribution is 0.213. The third-order valence-electron chi connectivity index (χ3n) is 3.01. The Morgan fingerprint density at radius 3 is 2.50 bits per heavy atom. The van der Waals surface area contributed by atoms with Crippen molar-refractivity contribution in [2.45, 2.75) is 19.4 Å². The molecule has 2 aromatic carbocycles. The average molecular weight is 309 g/mol. The fraction of sp³-hybridized carbons (Fsp3) is 0.200. The molecule has 0 aromatic heterocycles. The van der Waals surface area contributed by atoms with Crippen molar-refractivity contribution in [3.05, 3.63) is 69.4 Å². The highest BCUT2D eigenvalue weighted by molar-refractivity contribution is 9.10. The zero-order chi connectivity index (χ0) is 13.1. The number of aryl methyl sites for hydroxylation is 1. The van der Waals surface area contributed by atoms with Gasteiger partial charge in [0.1, 0.15) is 11.9 Å². The lowest BCUT2D eigenvalue weighted by atomic mass is 9.95. The molecule has 0 bridgehead atoms. The van der Waals surface area contributed by atoms with Crippen molar-refractivity contribution < 1.29 is 9.50 Å². The standard InChI is InChI=1S/C15H14BrFO/c1-2-10-6-3-4-7-11(10)15(18)12-8-5-9-13(16)14(12)17/h3-9,15,18H,2H2,1H3. The molecule has 0 spiro atoms. The van der Waals surface area contributed by atoms with Crippen molar-refractivity contribution in [3.8, 4) is 0 Å². The Hall–Kier alpha value is -1.19. The Balaban J connectivity index is 2.48. The Morgan fingerprint density at radius 2 is 1.78 bits per heavy atom. The van der Waals surface area contributed by atoms with Gasteiger partial charge >= 0.3 is 0 Å². The third kappa shape index (κ3) is 2.47. The normalized spacial score (nSPS) is 12.4. The van der Waals surface area contributed by atoms with Crippen molar-refractivity contribution in [3.63, 3.8) is 0 Å². The quantitative estimate of drug-likeness (QED) is 0.899. The SMILES string of the molecule is CCc1ccccc1C(O)c1cccc(Br)c1F. The molecule has 18 heavy (non-hydrogen) atoms. The van der Waals surface area contributed by atoms with Crippen LogP contribution < -0.4 is 0 Å². The van der Waals surface area contributed by atoms with Crippen LogP contribution in [0.5, 0.6) is 0 Å². The van der Waals surface area contributed by atoms with Crippen molar-refractivity contribution in [1.82, 2.24) is 0 Å². The lowest BCUT2D eigenvalue weighted by Crippen LogP contribution is -2.05. The number of rotatable bonds is 3. The summed E-state index contributed by atoms with van der Waals surface area (Å²) in [5.41, 5.74) is 2.09. The minimum absolute atomic E-state index is 0.297. The van der Waals surface area contributed by atoms with Crippen LogP contribution in [0.15, 0.2) is 46.9 Å². The van der Waals surface area contributed by atoms with Crippen LogP contribution in [0.25, 0.3) is 0 Å². The molecule has 2 rings (SSSR count). The second kappa shape index (κ2) is 5.63. The first-order chi connectivity index (χ1) is 8.65. The number of hydrogen-bond acceptors (Lipinski definition) is 1. The summed E-state index contributed by atoms with van der Waals surface area (Å²) >= 11 is 3.14. The van der Waals surface area contributed by atoms with Crippen LogP contribution >= 0.6 is 15.9 Å². The first kappa shape index (κ1) is 13.2. The van der Waals surface area contributed by atoms with E-state index in [2.05, 4.69) is 15.9 Å². The molecule has 3 heteroatoms. The van der Waals surface area contributed by atoms with Crippen LogP contribution in [0, 0.1) is 5.82 Å². The lowest BCUT2D eigenvalue weighted by Gasteiger charge is -2.16. The minimum atomic E-state index is -0.932. The Bertz CT molecular complexity index is 554. The molecular formula is C15H14BrFO. The van der Waals surface area contributed by atoms with E-state index in [1.807, 2.05) is 31.2 Å². The highest BCUT2D eigenvalue weighted by atomic mass is 79.9. The molecule has 0 aliphatic heterocycles. The van der Waals surface area contributed by atoms with E-state index in [1.165, 1.54) is 0 Å². The van der Waals surface area contributed by atoms with Gasteiger partial charge in [-0.05, 0) is 39.5 Å². The largest absolute Gasteiger partial charge is 0.384 e. The van der Waals surface area contributed by atoms with Gasteiger partial charge in [0.2, 0.25) is 0 Å². The van der Waals surface area contributed by atoms with Gasteiger partial charge in [0.05, 0.1) is 4.47 Å². The number of halogens is 2. The Labute approximate surface area is 114 Å². The molecular weight excluding hydrogens is 295 g/mol. The zero-order valence-electron chi connectivity index (χ0n) is 10.0. The minimum Gasteiger partial charge on any atom is -0.384 e. The molecule has 1 N–H and O–H groups in total. The van der Waals surface area contributed by atoms with Crippen molar-refractivity contribution >= 4 is 15.9 Å². The fourth-order valence-corrected chi connectivity index (χ4v) is 2.40. The van der Waals surface area contributed by atoms with Crippen LogP contribution in [0.4, 0.5) is 4.39 Å². The number of aliphatic hydroxyl groups is 1. The predicted molar refractivity (Wildman–Crippen MR) is 74.0 cm³/mol. The molecule has 0 radical (unpaired) electrons. The van der Waals surface area contributed by atoms with Gasteiger partial charge in [-0.3, -0.25) is 0 Å². The van der Waals surface area contributed by atoms with E-state index in [1.54, 1.807) is 18.2 Å². The summed E-state index contributed by atoms with van der Waals surface area (Å²) in [5.74, 6) is -0.407. The smallest absolute Gasteiger partial charge is 0.143 e. The number of aliphatic hydroxyl groups excluding tert-OH is 1. The molecule has 1 nitrogen and oxygen atoms in total. The number of benzene rings is 2. The summed E-state index contributed by atoms with van der Waals surface area (Å²) in [5, 5.41) is 10.3. The van der Waals surface area contributed by atoms with E-state index in [9.17, 15) is 9.50 Å². The molecule has 0 amide bonds. The summed E-state index contributed by atoms with van der Waals surface area (Å²) in [6.07, 6.45) is -0.123. The second-order valence-electron chi connectivity index (χ2n) is 4.10. The van der Waals surface area contributed by atoms with Gasteiger partial charge in [0, 0.05) is 5.56 Å². The van der Waals surface area contributed by atoms with Gasteiger partial charge in [0.15, 0.2) is 0 Å². The Kier molecular flexibility index (Phi) is 4.15. The molecule has 0 saturated heterocycles. The predicted octanol–water partition coefficient (Wildman–Crippen LogP) is 4.23. The van der Waals surface area contributed by atoms with Crippen molar-refractivity contribution in [1.29, 1.82) is 0 Å². The summed E-state index contributed by atoms with van der Waals surface area (Å²) in [6, 6.07) is 12.5. The maximum atomic E-state index is 14.0. The van der Waals surface area contributed by atoms with E-state index in [0.717, 1.165) is 17.5 Å². The first-order valence-corrected chi connectivity index (χ1v) is 6.64. The molecule has 2 aromatic rings. The zero-order valence-corrected chi connectivity index (χ0v) is 11.6. The van der Waals surface area contributed by atoms with Gasteiger partial charge in [-0.25, -0.2) is 4.39 Å². The number of hydrogen-bond donors (Lipinski definition) is 1. The highest BCUT2D eigenvalue weighted by Crippen LogP contribution is 2.30. The molecule has 0 saturated carbocycles. The third-order valence-corrected chi connectivity index (χ3v) is 3.62. The Morgan fingerprint density at radius 1 is 1.11 bits per heavy atom. The molecule has 94 valence electrons. The summed E-state index contributed by atoms with van der Waals surface area (Å²) in [6.45, 7) is 2.02. The molecule has 1 atom stereocenters. The van der Waals surface area contributed by atoms with E-state index < -0.39 is 11.9 Å².